The van der Waals surface area contributed by atoms with Crippen molar-refractivity contribution in [3.8, 4) is 0 Å². The Morgan fingerprint density at radius 1 is 1.13 bits per heavy atom. The fourth-order valence-corrected chi connectivity index (χ4v) is 4.28. The number of β-amino-alcohol motifs (C(OH)–C–C–N with tert-alkyl or cyclic N) is 1. The summed E-state index contributed by atoms with van der Waals surface area (Å²) < 4.78 is 6.03. The topological polar surface area (TPSA) is 53.0 Å². The summed E-state index contributed by atoms with van der Waals surface area (Å²) in [6.45, 7) is 6.28. The van der Waals surface area contributed by atoms with Gasteiger partial charge in [-0.15, -0.1) is 0 Å². The number of hydrogen-bond acceptors (Lipinski definition) is 4. The molecule has 5 nitrogen and oxygen atoms in total. The second-order valence-electron chi connectivity index (χ2n) is 9.12. The highest BCUT2D eigenvalue weighted by Crippen LogP contribution is 2.30. The van der Waals surface area contributed by atoms with Gasteiger partial charge in [0, 0.05) is 38.3 Å². The number of carbonyl (C=O) groups excluding carboxylic acids is 1. The van der Waals surface area contributed by atoms with Crippen LogP contribution >= 0.6 is 0 Å². The van der Waals surface area contributed by atoms with Crippen molar-refractivity contribution in [2.75, 3.05) is 39.3 Å². The monoisotopic (exact) mass is 422 g/mol. The third kappa shape index (κ3) is 6.63. The summed E-state index contributed by atoms with van der Waals surface area (Å²) in [5, 5.41) is 10.6. The minimum Gasteiger partial charge on any atom is -0.391 e. The molecular weight excluding hydrogens is 388 g/mol. The maximum absolute atomic E-state index is 13.2. The van der Waals surface area contributed by atoms with Crippen molar-refractivity contribution in [1.29, 1.82) is 0 Å². The summed E-state index contributed by atoms with van der Waals surface area (Å²) >= 11 is 0. The maximum Gasteiger partial charge on any atom is 0.253 e. The molecule has 2 aromatic carbocycles. The van der Waals surface area contributed by atoms with E-state index in [0.29, 0.717) is 32.0 Å². The van der Waals surface area contributed by atoms with Gasteiger partial charge in [0.05, 0.1) is 18.8 Å². The molecule has 1 aliphatic heterocycles. The van der Waals surface area contributed by atoms with Gasteiger partial charge in [0.15, 0.2) is 0 Å². The molecule has 2 atom stereocenters. The average Bonchev–Trinajstić information content (AvgIpc) is 3.58. The van der Waals surface area contributed by atoms with Crippen LogP contribution in [0.25, 0.3) is 0 Å². The third-order valence-electron chi connectivity index (χ3n) is 6.19. The molecule has 1 amide bonds. The summed E-state index contributed by atoms with van der Waals surface area (Å²) in [4.78, 5) is 17.4. The number of aliphatic hydroxyl groups excluding tert-OH is 1. The van der Waals surface area contributed by atoms with Gasteiger partial charge in [0.25, 0.3) is 5.91 Å². The molecular formula is C26H34N2O3. The molecule has 0 radical (unpaired) electrons. The van der Waals surface area contributed by atoms with Crippen molar-refractivity contribution in [3.63, 3.8) is 0 Å². The number of carbonyl (C=O) groups is 1. The largest absolute Gasteiger partial charge is 0.391 e. The molecule has 2 fully saturated rings. The van der Waals surface area contributed by atoms with E-state index in [1.165, 1.54) is 12.8 Å². The number of rotatable bonds is 9. The molecule has 0 spiro atoms. The van der Waals surface area contributed by atoms with Crippen LogP contribution in [0.3, 0.4) is 0 Å². The lowest BCUT2D eigenvalue weighted by Gasteiger charge is -2.36. The fourth-order valence-electron chi connectivity index (χ4n) is 4.28. The van der Waals surface area contributed by atoms with Gasteiger partial charge in [-0.2, -0.15) is 0 Å². The molecule has 1 saturated carbocycles. The third-order valence-corrected chi connectivity index (χ3v) is 6.19. The molecule has 5 heteroatoms. The SMILES string of the molecule is Cc1ccc(C(=O)N(CC2CC2)CC2CN(CC(O)Cc3ccccc3)CCO2)cc1. The van der Waals surface area contributed by atoms with E-state index in [4.69, 9.17) is 4.74 Å². The van der Waals surface area contributed by atoms with Crippen molar-refractivity contribution < 1.29 is 14.6 Å². The summed E-state index contributed by atoms with van der Waals surface area (Å²) in [5.41, 5.74) is 3.06. The minimum atomic E-state index is -0.405. The smallest absolute Gasteiger partial charge is 0.253 e. The Bertz CT molecular complexity index is 835. The van der Waals surface area contributed by atoms with Crippen LogP contribution in [0.5, 0.6) is 0 Å². The lowest BCUT2D eigenvalue weighted by Crippen LogP contribution is -2.50. The van der Waals surface area contributed by atoms with Crippen molar-refractivity contribution in [2.24, 2.45) is 5.92 Å². The van der Waals surface area contributed by atoms with Crippen molar-refractivity contribution in [3.05, 3.63) is 71.3 Å². The Labute approximate surface area is 185 Å². The summed E-state index contributed by atoms with van der Waals surface area (Å²) in [5.74, 6) is 0.721. The molecule has 0 aromatic heterocycles. The summed E-state index contributed by atoms with van der Waals surface area (Å²) in [6.07, 6.45) is 2.65. The standard InChI is InChI=1S/C26H34N2O3/c1-20-7-11-23(12-8-20)26(30)28(16-22-9-10-22)19-25-18-27(13-14-31-25)17-24(29)15-21-5-3-2-4-6-21/h2-8,11-12,22,24-25,29H,9-10,13-19H2,1H3. The second-order valence-corrected chi connectivity index (χ2v) is 9.12. The van der Waals surface area contributed by atoms with Gasteiger partial charge >= 0.3 is 0 Å². The zero-order valence-electron chi connectivity index (χ0n) is 18.5. The minimum absolute atomic E-state index is 0.0224. The van der Waals surface area contributed by atoms with Crippen LogP contribution in [0.15, 0.2) is 54.6 Å². The first kappa shape index (κ1) is 22.0. The van der Waals surface area contributed by atoms with Crippen LogP contribution in [0.2, 0.25) is 0 Å². The van der Waals surface area contributed by atoms with E-state index in [0.717, 1.165) is 36.3 Å². The van der Waals surface area contributed by atoms with Gasteiger partial charge in [-0.3, -0.25) is 9.69 Å². The van der Waals surface area contributed by atoms with Gasteiger partial charge in [0.1, 0.15) is 0 Å². The summed E-state index contributed by atoms with van der Waals surface area (Å²) in [7, 11) is 0. The van der Waals surface area contributed by atoms with E-state index in [1.54, 1.807) is 0 Å². The van der Waals surface area contributed by atoms with Crippen LogP contribution in [0.1, 0.15) is 34.3 Å². The van der Waals surface area contributed by atoms with Crippen LogP contribution in [-0.4, -0.2) is 72.4 Å². The van der Waals surface area contributed by atoms with Crippen LogP contribution in [0, 0.1) is 12.8 Å². The Morgan fingerprint density at radius 3 is 2.58 bits per heavy atom. The predicted molar refractivity (Wildman–Crippen MR) is 122 cm³/mol. The van der Waals surface area contributed by atoms with Crippen molar-refractivity contribution >= 4 is 5.91 Å². The number of hydrogen-bond donors (Lipinski definition) is 1. The van der Waals surface area contributed by atoms with E-state index >= 15 is 0 Å². The number of benzene rings is 2. The molecule has 166 valence electrons. The number of aryl methyl sites for hydroxylation is 1. The van der Waals surface area contributed by atoms with Crippen LogP contribution in [-0.2, 0) is 11.2 Å². The molecule has 4 rings (SSSR count). The Kier molecular flexibility index (Phi) is 7.38. The number of nitrogens with zero attached hydrogens (tertiary/aromatic N) is 2. The number of amides is 1. The molecule has 31 heavy (non-hydrogen) atoms. The highest BCUT2D eigenvalue weighted by Gasteiger charge is 2.31. The first-order chi connectivity index (χ1) is 15.1. The predicted octanol–water partition coefficient (Wildman–Crippen LogP) is 3.15. The molecule has 1 saturated heterocycles. The van der Waals surface area contributed by atoms with Gasteiger partial charge < -0.3 is 14.7 Å². The Hall–Kier alpha value is -2.21. The number of morpholine rings is 1. The Balaban J connectivity index is 1.33. The lowest BCUT2D eigenvalue weighted by molar-refractivity contribution is -0.0506. The van der Waals surface area contributed by atoms with Crippen LogP contribution in [0.4, 0.5) is 0 Å². The first-order valence-electron chi connectivity index (χ1n) is 11.5. The first-order valence-corrected chi connectivity index (χ1v) is 11.5. The molecule has 2 aliphatic rings. The Morgan fingerprint density at radius 2 is 1.87 bits per heavy atom. The average molecular weight is 423 g/mol. The molecule has 1 heterocycles. The molecule has 1 N–H and O–H groups in total. The van der Waals surface area contributed by atoms with E-state index in [-0.39, 0.29) is 12.0 Å². The maximum atomic E-state index is 13.2. The zero-order chi connectivity index (χ0) is 21.6. The van der Waals surface area contributed by atoms with Crippen LogP contribution < -0.4 is 0 Å². The van der Waals surface area contributed by atoms with Gasteiger partial charge in [0.2, 0.25) is 0 Å². The van der Waals surface area contributed by atoms with E-state index < -0.39 is 6.10 Å². The number of aliphatic hydroxyl groups is 1. The van der Waals surface area contributed by atoms with E-state index in [1.807, 2.05) is 54.3 Å². The highest BCUT2D eigenvalue weighted by molar-refractivity contribution is 5.94. The summed E-state index contributed by atoms with van der Waals surface area (Å²) in [6, 6.07) is 17.9. The normalized spacial score (nSPS) is 20.4. The van der Waals surface area contributed by atoms with Gasteiger partial charge in [-0.25, -0.2) is 0 Å². The van der Waals surface area contributed by atoms with E-state index in [9.17, 15) is 9.90 Å². The molecule has 2 unspecified atom stereocenters. The number of ether oxygens (including phenoxy) is 1. The lowest BCUT2D eigenvalue weighted by atomic mass is 10.1. The molecule has 1 aliphatic carbocycles. The molecule has 0 bridgehead atoms. The van der Waals surface area contributed by atoms with Crippen molar-refractivity contribution in [1.82, 2.24) is 9.80 Å². The van der Waals surface area contributed by atoms with E-state index in [2.05, 4.69) is 17.0 Å². The molecule has 2 aromatic rings. The van der Waals surface area contributed by atoms with Gasteiger partial charge in [-0.05, 0) is 49.8 Å². The highest BCUT2D eigenvalue weighted by atomic mass is 16.5. The fraction of sp³-hybridized carbons (Fsp3) is 0.500. The quantitative estimate of drug-likeness (QED) is 0.675. The van der Waals surface area contributed by atoms with Crippen molar-refractivity contribution in [2.45, 2.75) is 38.4 Å². The van der Waals surface area contributed by atoms with Gasteiger partial charge in [-0.1, -0.05) is 48.0 Å². The second kappa shape index (κ2) is 10.4. The zero-order valence-corrected chi connectivity index (χ0v) is 18.5.